The van der Waals surface area contributed by atoms with Gasteiger partial charge in [-0.2, -0.15) is 0 Å². The van der Waals surface area contributed by atoms with Crippen LogP contribution in [0, 0.1) is 0 Å². The van der Waals surface area contributed by atoms with E-state index in [1.807, 2.05) is 18.2 Å². The normalized spacial score (nSPS) is 16.9. The maximum absolute atomic E-state index is 12.9. The number of hydrogen-bond acceptors (Lipinski definition) is 6. The highest BCUT2D eigenvalue weighted by Crippen LogP contribution is 2.47. The number of methoxy groups -OCH3 is 1. The summed E-state index contributed by atoms with van der Waals surface area (Å²) in [5.41, 5.74) is 2.89. The fourth-order valence-corrected chi connectivity index (χ4v) is 4.21. The maximum atomic E-state index is 12.9. The molecule has 1 aliphatic carbocycles. The molecule has 0 unspecified atom stereocenters. The number of aromatic hydroxyl groups is 2. The van der Waals surface area contributed by atoms with Crippen LogP contribution < -0.4 is 9.47 Å². The molecule has 1 fully saturated rings. The molecule has 2 aromatic carbocycles. The van der Waals surface area contributed by atoms with E-state index in [2.05, 4.69) is 4.57 Å². The van der Waals surface area contributed by atoms with Gasteiger partial charge in [0.1, 0.15) is 28.6 Å². The van der Waals surface area contributed by atoms with Crippen LogP contribution in [-0.2, 0) is 6.54 Å². The summed E-state index contributed by atoms with van der Waals surface area (Å²) in [7, 11) is 1.60. The van der Waals surface area contributed by atoms with Crippen LogP contribution in [0.4, 0.5) is 0 Å². The minimum atomic E-state index is -0.435. The van der Waals surface area contributed by atoms with Crippen LogP contribution in [0.5, 0.6) is 23.0 Å². The van der Waals surface area contributed by atoms with Crippen molar-refractivity contribution < 1.29 is 29.6 Å². The number of nitrogens with zero attached hydrogens (tertiary/aromatic N) is 1. The first-order valence-electron chi connectivity index (χ1n) is 9.83. The van der Waals surface area contributed by atoms with E-state index in [1.165, 1.54) is 6.07 Å². The molecule has 30 heavy (non-hydrogen) atoms. The lowest BCUT2D eigenvalue weighted by molar-refractivity contribution is 0.101. The summed E-state index contributed by atoms with van der Waals surface area (Å²) in [6.45, 7) is 0.446. The summed E-state index contributed by atoms with van der Waals surface area (Å²) in [6.07, 6.45) is 3.78. The highest BCUT2D eigenvalue weighted by atomic mass is 16.5. The van der Waals surface area contributed by atoms with Crippen LogP contribution in [0.15, 0.2) is 36.1 Å². The van der Waals surface area contributed by atoms with Crippen molar-refractivity contribution in [3.8, 4) is 23.0 Å². The summed E-state index contributed by atoms with van der Waals surface area (Å²) in [4.78, 5) is 12.9. The minimum absolute atomic E-state index is 0.000435. The Bertz CT molecular complexity index is 1220. The molecule has 0 bridgehead atoms. The van der Waals surface area contributed by atoms with Crippen molar-refractivity contribution in [3.05, 3.63) is 52.9 Å². The second-order valence-corrected chi connectivity index (χ2v) is 7.61. The lowest BCUT2D eigenvalue weighted by Gasteiger charge is -2.09. The number of benzene rings is 2. The van der Waals surface area contributed by atoms with Crippen molar-refractivity contribution in [2.45, 2.75) is 25.3 Å². The highest BCUT2D eigenvalue weighted by Gasteiger charge is 2.35. The topological polar surface area (TPSA) is 101 Å². The molecule has 7 heteroatoms. The third-order valence-corrected chi connectivity index (χ3v) is 5.65. The van der Waals surface area contributed by atoms with Crippen molar-refractivity contribution in [3.63, 3.8) is 0 Å². The monoisotopic (exact) mass is 407 g/mol. The number of carbonyl (C=O) groups is 1. The smallest absolute Gasteiger partial charge is 0.235 e. The van der Waals surface area contributed by atoms with Crippen LogP contribution in [0.1, 0.15) is 40.4 Å². The quantitative estimate of drug-likeness (QED) is 0.559. The van der Waals surface area contributed by atoms with Gasteiger partial charge in [0.05, 0.1) is 13.7 Å². The van der Waals surface area contributed by atoms with Crippen molar-refractivity contribution in [1.82, 2.24) is 4.57 Å². The highest BCUT2D eigenvalue weighted by molar-refractivity contribution is 6.17. The Labute approximate surface area is 172 Å². The lowest BCUT2D eigenvalue weighted by Crippen LogP contribution is -2.06. The number of fused-ring (bicyclic) bond motifs is 2. The second kappa shape index (κ2) is 6.81. The van der Waals surface area contributed by atoms with Gasteiger partial charge in [0.15, 0.2) is 5.76 Å². The van der Waals surface area contributed by atoms with Gasteiger partial charge in [-0.3, -0.25) is 4.79 Å². The van der Waals surface area contributed by atoms with Crippen molar-refractivity contribution in [2.75, 3.05) is 13.7 Å². The number of Topliss-reactive ketones (excluding diaryl/α,β-unsaturated/α-hetero) is 1. The number of phenolic OH excluding ortho intramolecular Hbond substituents is 2. The number of hydrogen-bond donors (Lipinski definition) is 3. The molecule has 0 atom stereocenters. The van der Waals surface area contributed by atoms with E-state index in [0.717, 1.165) is 41.1 Å². The largest absolute Gasteiger partial charge is 0.508 e. The van der Waals surface area contributed by atoms with E-state index in [1.54, 1.807) is 13.2 Å². The van der Waals surface area contributed by atoms with Crippen LogP contribution >= 0.6 is 0 Å². The molecule has 3 N–H and O–H groups in total. The standard InChI is InChI=1S/C23H21NO6/c1-29-14-4-5-17-15(10-14)16(22(12-2-3-12)24(17)6-7-25)11-20-23(28)21-18(27)8-13(26)9-19(21)30-20/h4-5,8-12,25-27H,2-3,6-7H2,1H3. The Hall–Kier alpha value is -3.45. The number of phenols is 2. The van der Waals surface area contributed by atoms with Gasteiger partial charge in [0.2, 0.25) is 5.78 Å². The number of aliphatic hydroxyl groups excluding tert-OH is 1. The summed E-state index contributed by atoms with van der Waals surface area (Å²) in [5, 5.41) is 30.3. The van der Waals surface area contributed by atoms with Gasteiger partial charge in [0, 0.05) is 40.8 Å². The SMILES string of the molecule is COc1ccc2c(c1)c(C=C1Oc3cc(O)cc(O)c3C1=O)c(C1CC1)n2CCO. The molecular formula is C23H21NO6. The van der Waals surface area contributed by atoms with Crippen molar-refractivity contribution >= 4 is 22.8 Å². The molecule has 5 rings (SSSR count). The average Bonchev–Trinajstić information content (AvgIpc) is 3.45. The predicted molar refractivity (Wildman–Crippen MR) is 110 cm³/mol. The fraction of sp³-hybridized carbons (Fsp3) is 0.261. The number of rotatable bonds is 5. The average molecular weight is 407 g/mol. The van der Waals surface area contributed by atoms with Crippen molar-refractivity contribution in [2.24, 2.45) is 0 Å². The first-order valence-corrected chi connectivity index (χ1v) is 9.83. The number of ketones is 1. The molecule has 1 aromatic heterocycles. The molecule has 0 amide bonds. The molecule has 0 radical (unpaired) electrons. The predicted octanol–water partition coefficient (Wildman–Crippen LogP) is 3.55. The number of aliphatic hydroxyl groups is 1. The molecule has 0 saturated heterocycles. The van der Waals surface area contributed by atoms with Gasteiger partial charge in [-0.1, -0.05) is 0 Å². The molecule has 7 nitrogen and oxygen atoms in total. The van der Waals surface area contributed by atoms with Crippen LogP contribution in [-0.4, -0.2) is 39.4 Å². The number of ether oxygens (including phenoxy) is 2. The molecule has 0 spiro atoms. The molecule has 154 valence electrons. The van der Waals surface area contributed by atoms with Gasteiger partial charge in [-0.15, -0.1) is 0 Å². The van der Waals surface area contributed by atoms with Gasteiger partial charge >= 0.3 is 0 Å². The third kappa shape index (κ3) is 2.81. The summed E-state index contributed by atoms with van der Waals surface area (Å²) in [6, 6.07) is 8.17. The maximum Gasteiger partial charge on any atom is 0.235 e. The third-order valence-electron chi connectivity index (χ3n) is 5.65. The Morgan fingerprint density at radius 1 is 1.23 bits per heavy atom. The zero-order valence-corrected chi connectivity index (χ0v) is 16.4. The van der Waals surface area contributed by atoms with E-state index in [-0.39, 0.29) is 35.2 Å². The summed E-state index contributed by atoms with van der Waals surface area (Å²) >= 11 is 0. The van der Waals surface area contributed by atoms with Gasteiger partial charge < -0.3 is 29.4 Å². The molecular weight excluding hydrogens is 386 g/mol. The lowest BCUT2D eigenvalue weighted by atomic mass is 10.0. The Morgan fingerprint density at radius 2 is 2.03 bits per heavy atom. The van der Waals surface area contributed by atoms with E-state index in [0.29, 0.717) is 18.2 Å². The van der Waals surface area contributed by atoms with E-state index in [4.69, 9.17) is 9.47 Å². The molecule has 1 saturated carbocycles. The Balaban J connectivity index is 1.72. The Morgan fingerprint density at radius 3 is 2.73 bits per heavy atom. The van der Waals surface area contributed by atoms with E-state index in [9.17, 15) is 20.1 Å². The number of aromatic nitrogens is 1. The minimum Gasteiger partial charge on any atom is -0.508 e. The molecule has 3 aromatic rings. The van der Waals surface area contributed by atoms with Crippen LogP contribution in [0.2, 0.25) is 0 Å². The van der Waals surface area contributed by atoms with Crippen LogP contribution in [0.3, 0.4) is 0 Å². The zero-order chi connectivity index (χ0) is 21.0. The zero-order valence-electron chi connectivity index (χ0n) is 16.4. The number of carbonyl (C=O) groups excluding carboxylic acids is 1. The van der Waals surface area contributed by atoms with Crippen molar-refractivity contribution in [1.29, 1.82) is 0 Å². The first kappa shape index (κ1) is 18.6. The van der Waals surface area contributed by atoms with E-state index >= 15 is 0 Å². The second-order valence-electron chi connectivity index (χ2n) is 7.61. The summed E-state index contributed by atoms with van der Waals surface area (Å²) < 4.78 is 13.2. The van der Waals surface area contributed by atoms with E-state index < -0.39 is 5.78 Å². The first-order chi connectivity index (χ1) is 14.5. The molecule has 2 aliphatic rings. The van der Waals surface area contributed by atoms with Gasteiger partial charge in [-0.25, -0.2) is 0 Å². The molecule has 1 aliphatic heterocycles. The number of allylic oxidation sites excluding steroid dienone is 1. The van der Waals surface area contributed by atoms with Gasteiger partial charge in [0.25, 0.3) is 0 Å². The summed E-state index contributed by atoms with van der Waals surface area (Å²) in [5.74, 6) is 0.323. The molecule has 2 heterocycles. The van der Waals surface area contributed by atoms with Gasteiger partial charge in [-0.05, 0) is 43.0 Å². The van der Waals surface area contributed by atoms with Crippen LogP contribution in [0.25, 0.3) is 17.0 Å². The fourth-order valence-electron chi connectivity index (χ4n) is 4.21. The Kier molecular flexibility index (Phi) is 4.22.